The van der Waals surface area contributed by atoms with Gasteiger partial charge < -0.3 is 15.7 Å². The summed E-state index contributed by atoms with van der Waals surface area (Å²) in [5, 5.41) is 14.7. The average Bonchev–Trinajstić information content (AvgIpc) is 2.26. The van der Waals surface area contributed by atoms with E-state index in [0.717, 1.165) is 0 Å². The number of hydrogen-bond donors (Lipinski definition) is 3. The van der Waals surface area contributed by atoms with Gasteiger partial charge in [-0.25, -0.2) is 4.79 Å². The third kappa shape index (κ3) is 4.05. The molecule has 0 atom stereocenters. The number of benzene rings is 1. The van der Waals surface area contributed by atoms with E-state index >= 15 is 0 Å². The number of amides is 1. The first-order valence-corrected chi connectivity index (χ1v) is 5.39. The Balaban J connectivity index is 2.85. The summed E-state index contributed by atoms with van der Waals surface area (Å²) in [6.45, 7) is 0.523. The fourth-order valence-electron chi connectivity index (χ4n) is 1.26. The first-order valence-electron chi connectivity index (χ1n) is 5.02. The number of hydrogen-bond acceptors (Lipinski definition) is 3. The number of carbonyl (C=O) groups excluding carboxylic acids is 1. The number of nitrogens with one attached hydrogen (secondary N) is 2. The van der Waals surface area contributed by atoms with Crippen molar-refractivity contribution in [3.8, 4) is 0 Å². The molecule has 0 unspecified atom stereocenters. The maximum absolute atomic E-state index is 11.5. The lowest BCUT2D eigenvalue weighted by molar-refractivity contribution is -0.116. The maximum atomic E-state index is 11.5. The first kappa shape index (κ1) is 13.5. The third-order valence-corrected chi connectivity index (χ3v) is 2.32. The summed E-state index contributed by atoms with van der Waals surface area (Å²) in [5.74, 6) is -1.37. The molecule has 0 aromatic heterocycles. The van der Waals surface area contributed by atoms with Crippen LogP contribution >= 0.6 is 11.6 Å². The molecule has 17 heavy (non-hydrogen) atoms. The van der Waals surface area contributed by atoms with Gasteiger partial charge in [0.05, 0.1) is 11.3 Å². The van der Waals surface area contributed by atoms with Crippen LogP contribution in [0.1, 0.15) is 16.8 Å². The molecule has 5 nitrogen and oxygen atoms in total. The molecule has 0 heterocycles. The van der Waals surface area contributed by atoms with E-state index in [0.29, 0.717) is 11.6 Å². The highest BCUT2D eigenvalue weighted by molar-refractivity contribution is 6.31. The van der Waals surface area contributed by atoms with Crippen LogP contribution in [0.4, 0.5) is 5.69 Å². The zero-order valence-corrected chi connectivity index (χ0v) is 10.0. The van der Waals surface area contributed by atoms with Crippen molar-refractivity contribution in [3.05, 3.63) is 28.8 Å². The lowest BCUT2D eigenvalue weighted by atomic mass is 10.1. The second-order valence-electron chi connectivity index (χ2n) is 3.40. The topological polar surface area (TPSA) is 78.4 Å². The summed E-state index contributed by atoms with van der Waals surface area (Å²) in [6.07, 6.45) is 0.266. The molecule has 6 heteroatoms. The maximum Gasteiger partial charge on any atom is 0.337 e. The normalized spacial score (nSPS) is 10.0. The van der Waals surface area contributed by atoms with Crippen LogP contribution in [0, 0.1) is 0 Å². The Labute approximate surface area is 104 Å². The standard InChI is InChI=1S/C11H13ClN2O3/c1-13-5-4-10(15)14-9-6-7(12)2-3-8(9)11(16)17/h2-3,6,13H,4-5H2,1H3,(H,14,15)(H,16,17). The first-order chi connectivity index (χ1) is 8.04. The van der Waals surface area contributed by atoms with Crippen LogP contribution in [0.5, 0.6) is 0 Å². The summed E-state index contributed by atoms with van der Waals surface area (Å²) < 4.78 is 0. The van der Waals surface area contributed by atoms with E-state index in [1.165, 1.54) is 18.2 Å². The van der Waals surface area contributed by atoms with E-state index in [-0.39, 0.29) is 23.6 Å². The van der Waals surface area contributed by atoms with Gasteiger partial charge in [0.15, 0.2) is 0 Å². The summed E-state index contributed by atoms with van der Waals surface area (Å²) in [7, 11) is 1.73. The van der Waals surface area contributed by atoms with E-state index in [1.54, 1.807) is 7.05 Å². The Hall–Kier alpha value is -1.59. The largest absolute Gasteiger partial charge is 0.478 e. The molecule has 0 saturated heterocycles. The average molecular weight is 257 g/mol. The Bertz CT molecular complexity index is 435. The number of anilines is 1. The molecule has 3 N–H and O–H groups in total. The van der Waals surface area contributed by atoms with E-state index in [9.17, 15) is 9.59 Å². The van der Waals surface area contributed by atoms with Crippen LogP contribution in [0.15, 0.2) is 18.2 Å². The highest BCUT2D eigenvalue weighted by atomic mass is 35.5. The van der Waals surface area contributed by atoms with E-state index in [4.69, 9.17) is 16.7 Å². The fraction of sp³-hybridized carbons (Fsp3) is 0.273. The highest BCUT2D eigenvalue weighted by Crippen LogP contribution is 2.21. The van der Waals surface area contributed by atoms with Crippen LogP contribution in [-0.4, -0.2) is 30.6 Å². The van der Waals surface area contributed by atoms with Gasteiger partial charge in [0, 0.05) is 18.0 Å². The predicted octanol–water partition coefficient (Wildman–Crippen LogP) is 1.59. The quantitative estimate of drug-likeness (QED) is 0.748. The van der Waals surface area contributed by atoms with Gasteiger partial charge >= 0.3 is 5.97 Å². The molecule has 1 rings (SSSR count). The smallest absolute Gasteiger partial charge is 0.337 e. The molecule has 0 saturated carbocycles. The van der Waals surface area contributed by atoms with Crippen molar-refractivity contribution in [2.75, 3.05) is 18.9 Å². The Morgan fingerprint density at radius 3 is 2.71 bits per heavy atom. The van der Waals surface area contributed by atoms with Gasteiger partial charge in [-0.1, -0.05) is 11.6 Å². The summed E-state index contributed by atoms with van der Waals surface area (Å²) in [5.41, 5.74) is 0.235. The summed E-state index contributed by atoms with van der Waals surface area (Å²) >= 11 is 5.75. The van der Waals surface area contributed by atoms with E-state index in [1.807, 2.05) is 0 Å². The minimum atomic E-state index is -1.11. The fourth-order valence-corrected chi connectivity index (χ4v) is 1.43. The van der Waals surface area contributed by atoms with Crippen molar-refractivity contribution in [1.82, 2.24) is 5.32 Å². The van der Waals surface area contributed by atoms with Gasteiger partial charge in [-0.3, -0.25) is 4.79 Å². The van der Waals surface area contributed by atoms with Crippen LogP contribution in [-0.2, 0) is 4.79 Å². The number of carboxylic acids is 1. The molecule has 1 aromatic carbocycles. The lowest BCUT2D eigenvalue weighted by Crippen LogP contribution is -2.20. The van der Waals surface area contributed by atoms with Crippen molar-refractivity contribution in [2.24, 2.45) is 0 Å². The highest BCUT2D eigenvalue weighted by Gasteiger charge is 2.12. The van der Waals surface area contributed by atoms with Crippen LogP contribution in [0.3, 0.4) is 0 Å². The molecular formula is C11H13ClN2O3. The van der Waals surface area contributed by atoms with Gasteiger partial charge in [-0.15, -0.1) is 0 Å². The minimum absolute atomic E-state index is 0.0206. The van der Waals surface area contributed by atoms with Gasteiger partial charge in [-0.05, 0) is 25.2 Å². The Morgan fingerprint density at radius 1 is 1.41 bits per heavy atom. The predicted molar refractivity (Wildman–Crippen MR) is 65.6 cm³/mol. The number of carbonyl (C=O) groups is 2. The molecule has 0 aliphatic rings. The molecule has 0 aliphatic heterocycles. The molecule has 1 aromatic rings. The zero-order valence-electron chi connectivity index (χ0n) is 9.29. The molecule has 1 amide bonds. The van der Waals surface area contributed by atoms with Crippen LogP contribution < -0.4 is 10.6 Å². The van der Waals surface area contributed by atoms with Crippen molar-refractivity contribution >= 4 is 29.2 Å². The van der Waals surface area contributed by atoms with Gasteiger partial charge in [0.2, 0.25) is 5.91 Å². The molecule has 92 valence electrons. The zero-order chi connectivity index (χ0) is 12.8. The SMILES string of the molecule is CNCCC(=O)Nc1cc(Cl)ccc1C(=O)O. The van der Waals surface area contributed by atoms with Gasteiger partial charge in [0.25, 0.3) is 0 Å². The van der Waals surface area contributed by atoms with Gasteiger partial charge in [0.1, 0.15) is 0 Å². The van der Waals surface area contributed by atoms with Crippen molar-refractivity contribution in [3.63, 3.8) is 0 Å². The lowest BCUT2D eigenvalue weighted by Gasteiger charge is -2.08. The number of rotatable bonds is 5. The molecule has 0 bridgehead atoms. The van der Waals surface area contributed by atoms with Crippen LogP contribution in [0.2, 0.25) is 5.02 Å². The number of halogens is 1. The Morgan fingerprint density at radius 2 is 2.12 bits per heavy atom. The molecule has 0 fully saturated rings. The monoisotopic (exact) mass is 256 g/mol. The Kier molecular flexibility index (Phi) is 4.93. The van der Waals surface area contributed by atoms with E-state index < -0.39 is 5.97 Å². The third-order valence-electron chi connectivity index (χ3n) is 2.09. The van der Waals surface area contributed by atoms with Crippen LogP contribution in [0.25, 0.3) is 0 Å². The number of carboxylic acid groups (broad SMARTS) is 1. The summed E-state index contributed by atoms with van der Waals surface area (Å²) in [6, 6.07) is 4.24. The molecule has 0 radical (unpaired) electrons. The summed E-state index contributed by atoms with van der Waals surface area (Å²) in [4.78, 5) is 22.4. The van der Waals surface area contributed by atoms with Crippen molar-refractivity contribution in [1.29, 1.82) is 0 Å². The van der Waals surface area contributed by atoms with Crippen molar-refractivity contribution in [2.45, 2.75) is 6.42 Å². The number of aromatic carboxylic acids is 1. The second-order valence-corrected chi connectivity index (χ2v) is 3.83. The van der Waals surface area contributed by atoms with Crippen molar-refractivity contribution < 1.29 is 14.7 Å². The minimum Gasteiger partial charge on any atom is -0.478 e. The van der Waals surface area contributed by atoms with Gasteiger partial charge in [-0.2, -0.15) is 0 Å². The molecule has 0 spiro atoms. The second kappa shape index (κ2) is 6.22. The molecular weight excluding hydrogens is 244 g/mol. The van der Waals surface area contributed by atoms with E-state index in [2.05, 4.69) is 10.6 Å². The molecule has 0 aliphatic carbocycles.